The second-order valence-corrected chi connectivity index (χ2v) is 5.68. The zero-order valence-electron chi connectivity index (χ0n) is 11.3. The van der Waals surface area contributed by atoms with Gasteiger partial charge in [-0.1, -0.05) is 41.9 Å². The molecule has 4 nitrogen and oxygen atoms in total. The quantitative estimate of drug-likeness (QED) is 0.788. The van der Waals surface area contributed by atoms with Crippen LogP contribution in [0.2, 0.25) is 5.02 Å². The zero-order chi connectivity index (χ0) is 14.2. The molecule has 1 N–H and O–H groups in total. The van der Waals surface area contributed by atoms with Crippen LogP contribution >= 0.6 is 11.6 Å². The Balaban J connectivity index is 1.74. The third kappa shape index (κ3) is 2.36. The van der Waals surface area contributed by atoms with Crippen molar-refractivity contribution in [3.63, 3.8) is 0 Å². The second kappa shape index (κ2) is 5.04. The van der Waals surface area contributed by atoms with Crippen molar-refractivity contribution in [3.8, 4) is 17.3 Å². The molecule has 4 rings (SSSR count). The number of aromatic nitrogens is 3. The van der Waals surface area contributed by atoms with Gasteiger partial charge in [0, 0.05) is 5.56 Å². The van der Waals surface area contributed by atoms with Crippen LogP contribution in [0.1, 0.15) is 19.3 Å². The van der Waals surface area contributed by atoms with Crippen molar-refractivity contribution in [1.82, 2.24) is 15.0 Å². The third-order valence-electron chi connectivity index (χ3n) is 3.78. The number of pyridine rings is 1. The molecule has 0 saturated heterocycles. The Morgan fingerprint density at radius 3 is 2.67 bits per heavy atom. The summed E-state index contributed by atoms with van der Waals surface area (Å²) >= 11 is 6.34. The summed E-state index contributed by atoms with van der Waals surface area (Å²) in [6, 6.07) is 12.3. The van der Waals surface area contributed by atoms with Crippen molar-refractivity contribution in [3.05, 3.63) is 41.4 Å². The molecule has 0 unspecified atom stereocenters. The molecule has 106 valence electrons. The molecule has 1 fully saturated rings. The minimum atomic E-state index is 0.287. The number of fused-ring (bicyclic) bond motifs is 1. The number of H-pyrrole nitrogens is 1. The smallest absolute Gasteiger partial charge is 0.296 e. The van der Waals surface area contributed by atoms with Gasteiger partial charge in [0.05, 0.1) is 16.2 Å². The molecule has 5 heteroatoms. The fourth-order valence-electron chi connectivity index (χ4n) is 2.40. The topological polar surface area (TPSA) is 50.8 Å². The summed E-state index contributed by atoms with van der Waals surface area (Å²) in [5, 5.41) is 0.604. The number of ether oxygens (including phenoxy) is 1. The molecular formula is C16H14ClN3O. The molecule has 0 radical (unpaired) electrons. The summed E-state index contributed by atoms with van der Waals surface area (Å²) in [4.78, 5) is 12.1. The average Bonchev–Trinajstić information content (AvgIpc) is 2.84. The third-order valence-corrected chi connectivity index (χ3v) is 4.07. The predicted molar refractivity (Wildman–Crippen MR) is 82.6 cm³/mol. The molecule has 0 amide bonds. The van der Waals surface area contributed by atoms with E-state index in [0.29, 0.717) is 16.7 Å². The Bertz CT molecular complexity index is 781. The molecule has 0 spiro atoms. The van der Waals surface area contributed by atoms with E-state index in [9.17, 15) is 0 Å². The summed E-state index contributed by atoms with van der Waals surface area (Å²) in [5.41, 5.74) is 3.15. The van der Waals surface area contributed by atoms with Gasteiger partial charge in [-0.3, -0.25) is 0 Å². The lowest BCUT2D eigenvalue weighted by Gasteiger charge is -2.24. The summed E-state index contributed by atoms with van der Waals surface area (Å²) in [6.07, 6.45) is 3.71. The van der Waals surface area contributed by atoms with Gasteiger partial charge in [-0.25, -0.2) is 4.98 Å². The number of imidazole rings is 1. The van der Waals surface area contributed by atoms with Crippen LogP contribution in [0.25, 0.3) is 22.4 Å². The highest BCUT2D eigenvalue weighted by molar-refractivity contribution is 6.33. The van der Waals surface area contributed by atoms with Crippen molar-refractivity contribution in [2.45, 2.75) is 25.4 Å². The number of aromatic amines is 1. The maximum Gasteiger partial charge on any atom is 0.296 e. The summed E-state index contributed by atoms with van der Waals surface area (Å²) in [5.74, 6) is 0. The van der Waals surface area contributed by atoms with Crippen LogP contribution in [-0.4, -0.2) is 21.1 Å². The minimum absolute atomic E-state index is 0.287. The Labute approximate surface area is 127 Å². The van der Waals surface area contributed by atoms with E-state index in [4.69, 9.17) is 16.3 Å². The Morgan fingerprint density at radius 2 is 1.95 bits per heavy atom. The van der Waals surface area contributed by atoms with Gasteiger partial charge in [0.15, 0.2) is 5.65 Å². The Kier molecular flexibility index (Phi) is 3.04. The van der Waals surface area contributed by atoms with Gasteiger partial charge in [-0.05, 0) is 25.3 Å². The van der Waals surface area contributed by atoms with Crippen LogP contribution in [0.5, 0.6) is 6.01 Å². The normalized spacial score (nSPS) is 15.1. The molecule has 0 bridgehead atoms. The molecule has 0 atom stereocenters. The van der Waals surface area contributed by atoms with Gasteiger partial charge in [-0.15, -0.1) is 0 Å². The number of halogens is 1. The van der Waals surface area contributed by atoms with E-state index in [2.05, 4.69) is 15.0 Å². The first kappa shape index (κ1) is 12.7. The van der Waals surface area contributed by atoms with Crippen molar-refractivity contribution >= 4 is 22.8 Å². The minimum Gasteiger partial charge on any atom is -0.461 e. The monoisotopic (exact) mass is 299 g/mol. The molecule has 1 aliphatic rings. The van der Waals surface area contributed by atoms with Gasteiger partial charge in [-0.2, -0.15) is 4.98 Å². The fourth-order valence-corrected chi connectivity index (χ4v) is 2.66. The highest BCUT2D eigenvalue weighted by atomic mass is 35.5. The van der Waals surface area contributed by atoms with Crippen LogP contribution < -0.4 is 4.74 Å². The molecule has 0 aliphatic heterocycles. The molecule has 1 aromatic carbocycles. The summed E-state index contributed by atoms with van der Waals surface area (Å²) < 4.78 is 5.77. The van der Waals surface area contributed by atoms with Crippen LogP contribution in [-0.2, 0) is 0 Å². The van der Waals surface area contributed by atoms with Crippen molar-refractivity contribution < 1.29 is 4.74 Å². The van der Waals surface area contributed by atoms with Gasteiger partial charge < -0.3 is 9.72 Å². The predicted octanol–water partition coefficient (Wildman–Crippen LogP) is 4.21. The summed E-state index contributed by atoms with van der Waals surface area (Å²) in [6.45, 7) is 0. The van der Waals surface area contributed by atoms with Gasteiger partial charge in [0.2, 0.25) is 0 Å². The van der Waals surface area contributed by atoms with Crippen molar-refractivity contribution in [2.75, 3.05) is 0 Å². The lowest BCUT2D eigenvalue weighted by atomic mass is 9.96. The Morgan fingerprint density at radius 1 is 1.14 bits per heavy atom. The van der Waals surface area contributed by atoms with Crippen molar-refractivity contribution in [2.24, 2.45) is 0 Å². The first-order valence-electron chi connectivity index (χ1n) is 7.08. The molecule has 21 heavy (non-hydrogen) atoms. The Hall–Kier alpha value is -2.07. The van der Waals surface area contributed by atoms with E-state index in [0.717, 1.165) is 29.6 Å². The van der Waals surface area contributed by atoms with E-state index in [1.807, 2.05) is 36.4 Å². The number of benzene rings is 1. The molecule has 2 heterocycles. The summed E-state index contributed by atoms with van der Waals surface area (Å²) in [7, 11) is 0. The van der Waals surface area contributed by atoms with Crippen molar-refractivity contribution in [1.29, 1.82) is 0 Å². The van der Waals surface area contributed by atoms with E-state index in [-0.39, 0.29) is 6.10 Å². The molecule has 2 aromatic heterocycles. The molecule has 3 aromatic rings. The van der Waals surface area contributed by atoms with Crippen LogP contribution in [0.15, 0.2) is 36.4 Å². The SMILES string of the molecule is Clc1cc2[nH]c(OC3CCC3)nc2nc1-c1ccccc1. The number of rotatable bonds is 3. The number of hydrogen-bond donors (Lipinski definition) is 1. The molecule has 1 saturated carbocycles. The van der Waals surface area contributed by atoms with Gasteiger partial charge in [0.25, 0.3) is 6.01 Å². The molecule has 1 aliphatic carbocycles. The number of nitrogens with one attached hydrogen (secondary N) is 1. The largest absolute Gasteiger partial charge is 0.461 e. The highest BCUT2D eigenvalue weighted by Gasteiger charge is 2.21. The zero-order valence-corrected chi connectivity index (χ0v) is 12.1. The van der Waals surface area contributed by atoms with Gasteiger partial charge >= 0.3 is 0 Å². The van der Waals surface area contributed by atoms with E-state index < -0.39 is 0 Å². The lowest BCUT2D eigenvalue weighted by Crippen LogP contribution is -2.24. The average molecular weight is 300 g/mol. The number of nitrogens with zero attached hydrogens (tertiary/aromatic N) is 2. The second-order valence-electron chi connectivity index (χ2n) is 5.27. The van der Waals surface area contributed by atoms with E-state index in [1.165, 1.54) is 6.42 Å². The maximum atomic E-state index is 6.34. The van der Waals surface area contributed by atoms with Crippen LogP contribution in [0.4, 0.5) is 0 Å². The fraction of sp³-hybridized carbons (Fsp3) is 0.250. The van der Waals surface area contributed by atoms with E-state index in [1.54, 1.807) is 0 Å². The van der Waals surface area contributed by atoms with Gasteiger partial charge in [0.1, 0.15) is 6.10 Å². The van der Waals surface area contributed by atoms with Crippen LogP contribution in [0, 0.1) is 0 Å². The highest BCUT2D eigenvalue weighted by Crippen LogP contribution is 2.30. The first-order chi connectivity index (χ1) is 10.3. The molecular weight excluding hydrogens is 286 g/mol. The maximum absolute atomic E-state index is 6.34. The standard InChI is InChI=1S/C16H14ClN3O/c17-12-9-13-15(19-14(12)10-5-2-1-3-6-10)20-16(18-13)21-11-7-4-8-11/h1-3,5-6,9,11H,4,7-8H2,(H,18,19,20). The first-order valence-corrected chi connectivity index (χ1v) is 7.46. The van der Waals surface area contributed by atoms with Crippen LogP contribution in [0.3, 0.4) is 0 Å². The number of hydrogen-bond acceptors (Lipinski definition) is 3. The van der Waals surface area contributed by atoms with E-state index >= 15 is 0 Å². The lowest BCUT2D eigenvalue weighted by molar-refractivity contribution is 0.110.